The van der Waals surface area contributed by atoms with Gasteiger partial charge in [0.15, 0.2) is 4.96 Å². The molecule has 0 aliphatic carbocycles. The van der Waals surface area contributed by atoms with E-state index >= 15 is 0 Å². The van der Waals surface area contributed by atoms with Gasteiger partial charge in [-0.25, -0.2) is 4.98 Å². The van der Waals surface area contributed by atoms with E-state index in [0.717, 1.165) is 39.0 Å². The molecular weight excluding hydrogens is 370 g/mol. The Morgan fingerprint density at radius 2 is 1.82 bits per heavy atom. The van der Waals surface area contributed by atoms with Gasteiger partial charge in [0.05, 0.1) is 29.2 Å². The highest BCUT2D eigenvalue weighted by Crippen LogP contribution is 2.29. The zero-order valence-electron chi connectivity index (χ0n) is 15.7. The van der Waals surface area contributed by atoms with Crippen LogP contribution < -0.4 is 10.3 Å². The largest absolute Gasteiger partial charge is 0.497 e. The molecule has 0 fully saturated rings. The fourth-order valence-corrected chi connectivity index (χ4v) is 4.58. The molecular formula is C22H17N3O2S. The molecule has 2 aromatic carbocycles. The number of pyridine rings is 1. The molecule has 0 aliphatic heterocycles. The Bertz CT molecular complexity index is 1430. The van der Waals surface area contributed by atoms with Crippen LogP contribution in [0.15, 0.2) is 52.8 Å². The van der Waals surface area contributed by atoms with E-state index in [1.165, 1.54) is 11.3 Å². The van der Waals surface area contributed by atoms with Crippen molar-refractivity contribution in [3.05, 3.63) is 69.5 Å². The standard InChI is InChI=1S/C22H17N3O2S/c1-12-8-13(2)19-16(9-12)20-17(10-23-19)21(26)25-18(11-28-22(25)24-20)14-4-6-15(27-3)7-5-14/h4-11H,1-3H3. The molecule has 28 heavy (non-hydrogen) atoms. The maximum Gasteiger partial charge on any atom is 0.268 e. The molecule has 0 bridgehead atoms. The van der Waals surface area contributed by atoms with E-state index in [1.54, 1.807) is 17.7 Å². The van der Waals surface area contributed by atoms with E-state index in [0.29, 0.717) is 15.9 Å². The average Bonchev–Trinajstić information content (AvgIpc) is 3.12. The van der Waals surface area contributed by atoms with Crippen molar-refractivity contribution in [2.45, 2.75) is 13.8 Å². The van der Waals surface area contributed by atoms with Gasteiger partial charge in [0, 0.05) is 17.0 Å². The van der Waals surface area contributed by atoms with E-state index < -0.39 is 0 Å². The lowest BCUT2D eigenvalue weighted by Gasteiger charge is -2.08. The van der Waals surface area contributed by atoms with Gasteiger partial charge >= 0.3 is 0 Å². The molecule has 0 N–H and O–H groups in total. The van der Waals surface area contributed by atoms with Crippen LogP contribution in [0.2, 0.25) is 0 Å². The van der Waals surface area contributed by atoms with Crippen molar-refractivity contribution in [3.8, 4) is 17.0 Å². The minimum Gasteiger partial charge on any atom is -0.497 e. The quantitative estimate of drug-likeness (QED) is 0.410. The Hall–Kier alpha value is -3.25. The van der Waals surface area contributed by atoms with E-state index in [-0.39, 0.29) is 5.56 Å². The van der Waals surface area contributed by atoms with Crippen molar-refractivity contribution in [2.24, 2.45) is 0 Å². The molecule has 138 valence electrons. The Kier molecular flexibility index (Phi) is 3.70. The van der Waals surface area contributed by atoms with Crippen molar-refractivity contribution >= 4 is 38.1 Å². The predicted molar refractivity (Wildman–Crippen MR) is 114 cm³/mol. The van der Waals surface area contributed by atoms with Crippen molar-refractivity contribution < 1.29 is 4.74 Å². The predicted octanol–water partition coefficient (Wildman–Crippen LogP) is 4.75. The number of aromatic nitrogens is 3. The number of fused-ring (bicyclic) bond motifs is 4. The van der Waals surface area contributed by atoms with Gasteiger partial charge in [0.2, 0.25) is 0 Å². The maximum absolute atomic E-state index is 13.3. The summed E-state index contributed by atoms with van der Waals surface area (Å²) < 4.78 is 6.90. The second-order valence-electron chi connectivity index (χ2n) is 6.88. The summed E-state index contributed by atoms with van der Waals surface area (Å²) in [4.78, 5) is 23.4. The van der Waals surface area contributed by atoms with Gasteiger partial charge in [-0.1, -0.05) is 11.6 Å². The average molecular weight is 387 g/mol. The fraction of sp³-hybridized carbons (Fsp3) is 0.136. The van der Waals surface area contributed by atoms with Crippen LogP contribution >= 0.6 is 11.3 Å². The first kappa shape index (κ1) is 16.9. The minimum atomic E-state index is -0.0966. The molecule has 6 heteroatoms. The molecule has 0 spiro atoms. The van der Waals surface area contributed by atoms with E-state index in [9.17, 15) is 4.79 Å². The third-order valence-electron chi connectivity index (χ3n) is 5.01. The molecule has 0 saturated carbocycles. The molecule has 5 rings (SSSR count). The number of methoxy groups -OCH3 is 1. The molecule has 0 amide bonds. The molecule has 5 nitrogen and oxygen atoms in total. The second-order valence-corrected chi connectivity index (χ2v) is 7.72. The van der Waals surface area contributed by atoms with Gasteiger partial charge in [-0.05, 0) is 55.3 Å². The topological polar surface area (TPSA) is 56.5 Å². The third kappa shape index (κ3) is 2.42. The van der Waals surface area contributed by atoms with Gasteiger partial charge < -0.3 is 4.74 Å². The van der Waals surface area contributed by atoms with Crippen LogP contribution in [-0.2, 0) is 0 Å². The first-order valence-corrected chi connectivity index (χ1v) is 9.79. The SMILES string of the molecule is COc1ccc(-c2csc3nc4c(cnc5c(C)cc(C)cc54)c(=O)n23)cc1. The molecule has 3 aromatic heterocycles. The van der Waals surface area contributed by atoms with Gasteiger partial charge in [0.25, 0.3) is 5.56 Å². The van der Waals surface area contributed by atoms with Crippen LogP contribution in [0.25, 0.3) is 38.0 Å². The highest BCUT2D eigenvalue weighted by atomic mass is 32.1. The Morgan fingerprint density at radius 3 is 2.57 bits per heavy atom. The molecule has 0 unspecified atom stereocenters. The summed E-state index contributed by atoms with van der Waals surface area (Å²) in [5.74, 6) is 0.778. The summed E-state index contributed by atoms with van der Waals surface area (Å²) >= 11 is 1.46. The lowest BCUT2D eigenvalue weighted by atomic mass is 10.1. The van der Waals surface area contributed by atoms with Crippen LogP contribution in [0, 0.1) is 13.8 Å². The number of benzene rings is 2. The molecule has 3 heterocycles. The number of ether oxygens (including phenoxy) is 1. The highest BCUT2D eigenvalue weighted by Gasteiger charge is 2.15. The maximum atomic E-state index is 13.3. The van der Waals surface area contributed by atoms with Gasteiger partial charge in [-0.15, -0.1) is 11.3 Å². The zero-order chi connectivity index (χ0) is 19.4. The normalized spacial score (nSPS) is 11.5. The Morgan fingerprint density at radius 1 is 1.04 bits per heavy atom. The highest BCUT2D eigenvalue weighted by molar-refractivity contribution is 7.15. The number of nitrogens with zero attached hydrogens (tertiary/aromatic N) is 3. The molecule has 0 saturated heterocycles. The second kappa shape index (κ2) is 6.14. The van der Waals surface area contributed by atoms with Gasteiger partial charge in [-0.3, -0.25) is 14.2 Å². The Labute approximate surface area is 164 Å². The molecule has 0 radical (unpaired) electrons. The number of rotatable bonds is 2. The van der Waals surface area contributed by atoms with E-state index in [4.69, 9.17) is 9.72 Å². The van der Waals surface area contributed by atoms with Crippen molar-refractivity contribution in [3.63, 3.8) is 0 Å². The van der Waals surface area contributed by atoms with Crippen LogP contribution in [0.4, 0.5) is 0 Å². The minimum absolute atomic E-state index is 0.0966. The van der Waals surface area contributed by atoms with Crippen LogP contribution in [0.1, 0.15) is 11.1 Å². The van der Waals surface area contributed by atoms with Crippen LogP contribution in [-0.4, -0.2) is 21.5 Å². The first-order chi connectivity index (χ1) is 13.6. The summed E-state index contributed by atoms with van der Waals surface area (Å²) in [6.45, 7) is 4.08. The zero-order valence-corrected chi connectivity index (χ0v) is 16.5. The lowest BCUT2D eigenvalue weighted by Crippen LogP contribution is -2.15. The van der Waals surface area contributed by atoms with Gasteiger partial charge in [-0.2, -0.15) is 0 Å². The summed E-state index contributed by atoms with van der Waals surface area (Å²) in [6, 6.07) is 11.8. The Balaban J connectivity index is 1.85. The molecule has 0 atom stereocenters. The lowest BCUT2D eigenvalue weighted by molar-refractivity contribution is 0.415. The van der Waals surface area contributed by atoms with Crippen molar-refractivity contribution in [1.29, 1.82) is 0 Å². The fourth-order valence-electron chi connectivity index (χ4n) is 3.69. The molecule has 0 aliphatic rings. The first-order valence-electron chi connectivity index (χ1n) is 8.91. The third-order valence-corrected chi connectivity index (χ3v) is 5.84. The summed E-state index contributed by atoms with van der Waals surface area (Å²) in [6.07, 6.45) is 1.65. The summed E-state index contributed by atoms with van der Waals surface area (Å²) in [5.41, 5.74) is 5.49. The van der Waals surface area contributed by atoms with Gasteiger partial charge in [0.1, 0.15) is 5.75 Å². The summed E-state index contributed by atoms with van der Waals surface area (Å²) in [5, 5.41) is 3.42. The molecule has 5 aromatic rings. The number of hydrogen-bond acceptors (Lipinski definition) is 5. The van der Waals surface area contributed by atoms with Crippen molar-refractivity contribution in [1.82, 2.24) is 14.4 Å². The number of thiazole rings is 1. The van der Waals surface area contributed by atoms with Crippen LogP contribution in [0.5, 0.6) is 5.75 Å². The number of aryl methyl sites for hydroxylation is 2. The van der Waals surface area contributed by atoms with E-state index in [1.807, 2.05) is 43.5 Å². The van der Waals surface area contributed by atoms with Crippen LogP contribution in [0.3, 0.4) is 0 Å². The van der Waals surface area contributed by atoms with Crippen molar-refractivity contribution in [2.75, 3.05) is 7.11 Å². The number of hydrogen-bond donors (Lipinski definition) is 0. The smallest absolute Gasteiger partial charge is 0.268 e. The summed E-state index contributed by atoms with van der Waals surface area (Å²) in [7, 11) is 1.64. The van der Waals surface area contributed by atoms with E-state index in [2.05, 4.69) is 17.1 Å². The monoisotopic (exact) mass is 387 g/mol.